The van der Waals surface area contributed by atoms with E-state index in [0.29, 0.717) is 0 Å². The minimum atomic E-state index is 1.00. The normalized spacial score (nSPS) is 9.91. The molecule has 1 rings (SSSR count). The van der Waals surface area contributed by atoms with Gasteiger partial charge < -0.3 is 5.73 Å². The van der Waals surface area contributed by atoms with Crippen molar-refractivity contribution in [1.29, 1.82) is 0 Å². The molecule has 0 spiro atoms. The second kappa shape index (κ2) is 5.52. The fraction of sp³-hybridized carbons (Fsp3) is 0.250. The van der Waals surface area contributed by atoms with Crippen LogP contribution in [0.15, 0.2) is 35.2 Å². The summed E-state index contributed by atoms with van der Waals surface area (Å²) in [6.45, 7) is 1.00. The van der Waals surface area contributed by atoms with E-state index in [-0.39, 0.29) is 0 Å². The zero-order valence-electron chi connectivity index (χ0n) is 6.32. The summed E-state index contributed by atoms with van der Waals surface area (Å²) < 4.78 is 0. The van der Waals surface area contributed by atoms with Crippen LogP contribution in [0.25, 0.3) is 0 Å². The van der Waals surface area contributed by atoms with Crippen LogP contribution in [-0.2, 0) is 0 Å². The Hall–Kier alpha value is -0.120. The first-order chi connectivity index (χ1) is 5.43. The number of quaternary nitrogens is 1. The van der Waals surface area contributed by atoms with Crippen LogP contribution in [0.2, 0.25) is 0 Å². The molecule has 1 nitrogen and oxygen atoms in total. The molecule has 11 heavy (non-hydrogen) atoms. The Bertz CT molecular complexity index is 189. The van der Waals surface area contributed by atoms with Crippen molar-refractivity contribution in [3.8, 4) is 0 Å². The van der Waals surface area contributed by atoms with Gasteiger partial charge in [0, 0.05) is 4.90 Å². The van der Waals surface area contributed by atoms with Crippen molar-refractivity contribution >= 4 is 21.6 Å². The molecule has 0 aliphatic carbocycles. The molecule has 1 aromatic rings. The lowest BCUT2D eigenvalue weighted by Gasteiger charge is -1.96. The Morgan fingerprint density at radius 2 is 1.91 bits per heavy atom. The topological polar surface area (TPSA) is 27.6 Å². The third-order valence-electron chi connectivity index (χ3n) is 1.13. The van der Waals surface area contributed by atoms with Gasteiger partial charge in [-0.3, -0.25) is 0 Å². The molecule has 0 heterocycles. The van der Waals surface area contributed by atoms with Crippen molar-refractivity contribution in [3.05, 3.63) is 30.3 Å². The van der Waals surface area contributed by atoms with Crippen molar-refractivity contribution in [2.75, 3.05) is 12.3 Å². The van der Waals surface area contributed by atoms with Crippen LogP contribution in [0, 0.1) is 0 Å². The highest BCUT2D eigenvalue weighted by atomic mass is 33.1. The summed E-state index contributed by atoms with van der Waals surface area (Å²) in [6.07, 6.45) is 0. The van der Waals surface area contributed by atoms with Gasteiger partial charge in [-0.1, -0.05) is 39.8 Å². The highest BCUT2D eigenvalue weighted by molar-refractivity contribution is 8.76. The molecule has 0 saturated heterocycles. The quantitative estimate of drug-likeness (QED) is 0.572. The SMILES string of the molecule is [NH3+]CCSSc1ccccc1. The summed E-state index contributed by atoms with van der Waals surface area (Å²) in [5.74, 6) is 1.12. The van der Waals surface area contributed by atoms with Gasteiger partial charge in [-0.15, -0.1) is 0 Å². The van der Waals surface area contributed by atoms with E-state index in [0.717, 1.165) is 12.3 Å². The van der Waals surface area contributed by atoms with Crippen LogP contribution < -0.4 is 5.73 Å². The lowest BCUT2D eigenvalue weighted by molar-refractivity contribution is -0.360. The maximum atomic E-state index is 3.78. The zero-order valence-corrected chi connectivity index (χ0v) is 7.96. The molecule has 0 bridgehead atoms. The summed E-state index contributed by atoms with van der Waals surface area (Å²) in [6, 6.07) is 10.4. The molecule has 0 fully saturated rings. The Morgan fingerprint density at radius 1 is 1.18 bits per heavy atom. The fourth-order valence-corrected chi connectivity index (χ4v) is 2.60. The molecule has 0 atom stereocenters. The molecule has 3 heteroatoms. The van der Waals surface area contributed by atoms with Gasteiger partial charge in [0.15, 0.2) is 0 Å². The third kappa shape index (κ3) is 3.70. The molecule has 60 valence electrons. The van der Waals surface area contributed by atoms with Crippen LogP contribution >= 0.6 is 21.6 Å². The van der Waals surface area contributed by atoms with Gasteiger partial charge >= 0.3 is 0 Å². The minimum absolute atomic E-state index is 1.00. The number of hydrogen-bond donors (Lipinski definition) is 1. The molecule has 1 aromatic carbocycles. The molecule has 0 saturated carbocycles. The standard InChI is InChI=1S/C8H11NS2/c9-6-7-10-11-8-4-2-1-3-5-8/h1-5H,6-7,9H2/p+1. The van der Waals surface area contributed by atoms with Crippen molar-refractivity contribution in [3.63, 3.8) is 0 Å². The Kier molecular flexibility index (Phi) is 4.50. The van der Waals surface area contributed by atoms with Crippen molar-refractivity contribution in [1.82, 2.24) is 0 Å². The summed E-state index contributed by atoms with van der Waals surface area (Å²) in [7, 11) is 3.68. The van der Waals surface area contributed by atoms with Crippen LogP contribution in [0.3, 0.4) is 0 Å². The van der Waals surface area contributed by atoms with Gasteiger partial charge in [0.05, 0.1) is 12.3 Å². The van der Waals surface area contributed by atoms with Crippen molar-refractivity contribution in [2.24, 2.45) is 0 Å². The van der Waals surface area contributed by atoms with E-state index in [2.05, 4.69) is 30.0 Å². The van der Waals surface area contributed by atoms with Gasteiger partial charge in [0.2, 0.25) is 0 Å². The third-order valence-corrected chi connectivity index (χ3v) is 3.59. The number of benzene rings is 1. The molecule has 0 aliphatic rings. The van der Waals surface area contributed by atoms with E-state index in [1.54, 1.807) is 0 Å². The Balaban J connectivity index is 2.28. The molecule has 0 radical (unpaired) electrons. The van der Waals surface area contributed by atoms with Gasteiger partial charge in [-0.2, -0.15) is 0 Å². The second-order valence-electron chi connectivity index (χ2n) is 2.07. The van der Waals surface area contributed by atoms with Gasteiger partial charge in [-0.25, -0.2) is 0 Å². The first kappa shape index (κ1) is 8.97. The smallest absolute Gasteiger partial charge is 0.0840 e. The average Bonchev–Trinajstić information content (AvgIpc) is 2.07. The van der Waals surface area contributed by atoms with E-state index < -0.39 is 0 Å². The molecular weight excluding hydrogens is 174 g/mol. The molecule has 0 aliphatic heterocycles. The van der Waals surface area contributed by atoms with Crippen LogP contribution in [0.5, 0.6) is 0 Å². The van der Waals surface area contributed by atoms with Crippen LogP contribution in [-0.4, -0.2) is 12.3 Å². The lowest BCUT2D eigenvalue weighted by atomic mass is 10.4. The predicted octanol–water partition coefficient (Wildman–Crippen LogP) is 1.67. The maximum absolute atomic E-state index is 3.78. The molecule has 0 unspecified atom stereocenters. The Labute approximate surface area is 75.1 Å². The van der Waals surface area contributed by atoms with E-state index in [9.17, 15) is 0 Å². The molecule has 0 aromatic heterocycles. The summed E-state index contributed by atoms with van der Waals surface area (Å²) in [5.41, 5.74) is 3.78. The molecule has 0 amide bonds. The summed E-state index contributed by atoms with van der Waals surface area (Å²) >= 11 is 0. The number of rotatable bonds is 4. The first-order valence-electron chi connectivity index (χ1n) is 3.57. The maximum Gasteiger partial charge on any atom is 0.0840 e. The van der Waals surface area contributed by atoms with Crippen molar-refractivity contribution < 1.29 is 5.73 Å². The van der Waals surface area contributed by atoms with Crippen LogP contribution in [0.4, 0.5) is 0 Å². The monoisotopic (exact) mass is 186 g/mol. The van der Waals surface area contributed by atoms with Gasteiger partial charge in [0.25, 0.3) is 0 Å². The lowest BCUT2D eigenvalue weighted by Crippen LogP contribution is -2.51. The predicted molar refractivity (Wildman–Crippen MR) is 52.5 cm³/mol. The minimum Gasteiger partial charge on any atom is -0.357 e. The largest absolute Gasteiger partial charge is 0.357 e. The molecule has 3 N–H and O–H groups in total. The average molecular weight is 186 g/mol. The van der Waals surface area contributed by atoms with Crippen molar-refractivity contribution in [2.45, 2.75) is 4.90 Å². The van der Waals surface area contributed by atoms with E-state index >= 15 is 0 Å². The zero-order chi connectivity index (χ0) is 7.94. The first-order valence-corrected chi connectivity index (χ1v) is 5.89. The second-order valence-corrected chi connectivity index (χ2v) is 4.56. The summed E-state index contributed by atoms with van der Waals surface area (Å²) in [4.78, 5) is 1.32. The highest BCUT2D eigenvalue weighted by Gasteiger charge is 1.91. The highest BCUT2D eigenvalue weighted by Crippen LogP contribution is 2.29. The Morgan fingerprint density at radius 3 is 2.55 bits per heavy atom. The van der Waals surface area contributed by atoms with Gasteiger partial charge in [-0.05, 0) is 12.1 Å². The fourth-order valence-electron chi connectivity index (χ4n) is 0.645. The summed E-state index contributed by atoms with van der Waals surface area (Å²) in [5, 5.41) is 0. The number of hydrogen-bond acceptors (Lipinski definition) is 2. The molecular formula is C8H12NS2+. The van der Waals surface area contributed by atoms with E-state index in [1.165, 1.54) is 4.90 Å². The van der Waals surface area contributed by atoms with E-state index in [4.69, 9.17) is 0 Å². The van der Waals surface area contributed by atoms with Crippen LogP contribution in [0.1, 0.15) is 0 Å². The van der Waals surface area contributed by atoms with Gasteiger partial charge in [0.1, 0.15) is 0 Å². The van der Waals surface area contributed by atoms with E-state index in [1.807, 2.05) is 27.7 Å².